The van der Waals surface area contributed by atoms with Crippen molar-refractivity contribution in [3.05, 3.63) is 97.1 Å². The average Bonchev–Trinajstić information content (AvgIpc) is 3.95. The second-order valence-corrected chi connectivity index (χ2v) is 17.7. The Labute approximate surface area is 382 Å². The van der Waals surface area contributed by atoms with Crippen molar-refractivity contribution in [1.82, 2.24) is 9.97 Å². The number of thiazole rings is 2. The van der Waals surface area contributed by atoms with Crippen LogP contribution in [0.2, 0.25) is 0 Å². The molecule has 336 valence electrons. The second-order valence-electron chi connectivity index (χ2n) is 13.3. The number of aliphatic hydroxyl groups excluding tert-OH is 1. The van der Waals surface area contributed by atoms with Crippen molar-refractivity contribution in [2.24, 2.45) is 0 Å². The molecule has 0 aliphatic heterocycles. The third-order valence-corrected chi connectivity index (χ3v) is 12.7. The second kappa shape index (κ2) is 31.8. The third kappa shape index (κ3) is 19.8. The first-order chi connectivity index (χ1) is 30.7. The van der Waals surface area contributed by atoms with E-state index in [4.69, 9.17) is 53.0 Å². The third-order valence-electron chi connectivity index (χ3n) is 8.60. The monoisotopic (exact) mass is 924 g/mol. The Morgan fingerprint density at radius 2 is 0.758 bits per heavy atom. The quantitative estimate of drug-likeness (QED) is 0.0320. The number of hydrogen-bond acceptors (Lipinski definition) is 15. The molecule has 11 nitrogen and oxygen atoms in total. The van der Waals surface area contributed by atoms with E-state index in [-0.39, 0.29) is 6.61 Å². The standard InChI is InChI=1S/C26H35NO5S2.C21H25NO4S2/c1-2-11-28-12-13-29-14-15-30-16-17-31-18-19-32-20-21-33-23-9-7-22(8-10-23)26-27-24-5-3-4-6-25(24)34-26;23-9-10-24-11-12-25-13-14-26-15-16-27-18-7-5-17(6-8-18)21-22-19-3-1-2-4-20(19)28-21/h3-10H,2,11-21H2,1H3;1-8,23H,9-16H2. The highest BCUT2D eigenvalue weighted by atomic mass is 32.2. The molecule has 2 heterocycles. The molecule has 4 aromatic carbocycles. The molecule has 6 rings (SSSR count). The summed E-state index contributed by atoms with van der Waals surface area (Å²) in [6.45, 7) is 11.6. The molecule has 0 spiro atoms. The Kier molecular flexibility index (Phi) is 25.6. The fraction of sp³-hybridized carbons (Fsp3) is 0.447. The first-order valence-corrected chi connectivity index (χ1v) is 24.7. The van der Waals surface area contributed by atoms with Crippen molar-refractivity contribution < 1.29 is 43.0 Å². The van der Waals surface area contributed by atoms with E-state index in [2.05, 4.69) is 85.8 Å². The Morgan fingerprint density at radius 1 is 0.419 bits per heavy atom. The van der Waals surface area contributed by atoms with E-state index in [0.29, 0.717) is 99.1 Å². The zero-order valence-electron chi connectivity index (χ0n) is 35.6. The van der Waals surface area contributed by atoms with Crippen LogP contribution in [-0.4, -0.2) is 139 Å². The van der Waals surface area contributed by atoms with E-state index in [1.807, 2.05) is 18.2 Å². The molecule has 1 N–H and O–H groups in total. The number of ether oxygens (including phenoxy) is 8. The topological polar surface area (TPSA) is 120 Å². The molecule has 6 aromatic rings. The van der Waals surface area contributed by atoms with Gasteiger partial charge in [-0.3, -0.25) is 0 Å². The molecular weight excluding hydrogens is 865 g/mol. The van der Waals surface area contributed by atoms with Gasteiger partial charge in [0.25, 0.3) is 0 Å². The van der Waals surface area contributed by atoms with E-state index in [9.17, 15) is 0 Å². The normalized spacial score (nSPS) is 11.4. The molecule has 0 aliphatic rings. The van der Waals surface area contributed by atoms with Crippen LogP contribution >= 0.6 is 46.2 Å². The number of aliphatic hydroxyl groups is 1. The molecule has 2 aromatic heterocycles. The van der Waals surface area contributed by atoms with Gasteiger partial charge in [-0.1, -0.05) is 55.5 Å². The summed E-state index contributed by atoms with van der Waals surface area (Å²) < 4.78 is 45.9. The molecular formula is C47H60N2O9S4. The molecule has 0 unspecified atom stereocenters. The summed E-state index contributed by atoms with van der Waals surface area (Å²) in [5.74, 6) is 1.81. The van der Waals surface area contributed by atoms with Gasteiger partial charge in [0, 0.05) is 39.0 Å². The number of thioether (sulfide) groups is 2. The molecule has 0 saturated heterocycles. The lowest BCUT2D eigenvalue weighted by Crippen LogP contribution is -2.13. The van der Waals surface area contributed by atoms with Gasteiger partial charge >= 0.3 is 0 Å². The molecule has 0 radical (unpaired) electrons. The van der Waals surface area contributed by atoms with Gasteiger partial charge in [-0.2, -0.15) is 0 Å². The van der Waals surface area contributed by atoms with E-state index < -0.39 is 0 Å². The number of benzene rings is 4. The molecule has 0 bridgehead atoms. The largest absolute Gasteiger partial charge is 0.394 e. The minimum Gasteiger partial charge on any atom is -0.394 e. The summed E-state index contributed by atoms with van der Waals surface area (Å²) in [7, 11) is 0. The van der Waals surface area contributed by atoms with Crippen LogP contribution in [0.4, 0.5) is 0 Å². The maximum absolute atomic E-state index is 8.57. The van der Waals surface area contributed by atoms with Gasteiger partial charge in [0.1, 0.15) is 10.0 Å². The van der Waals surface area contributed by atoms with Crippen molar-refractivity contribution in [2.75, 3.05) is 124 Å². The van der Waals surface area contributed by atoms with Crippen LogP contribution in [0.5, 0.6) is 0 Å². The minimum atomic E-state index is 0.0471. The first kappa shape index (κ1) is 50.0. The molecule has 62 heavy (non-hydrogen) atoms. The van der Waals surface area contributed by atoms with Crippen LogP contribution in [0.3, 0.4) is 0 Å². The van der Waals surface area contributed by atoms with Gasteiger partial charge < -0.3 is 43.0 Å². The van der Waals surface area contributed by atoms with Gasteiger partial charge in [0.2, 0.25) is 0 Å². The fourth-order valence-electron chi connectivity index (χ4n) is 5.55. The lowest BCUT2D eigenvalue weighted by molar-refractivity contribution is -0.00998. The Morgan fingerprint density at radius 3 is 1.11 bits per heavy atom. The predicted molar refractivity (Wildman–Crippen MR) is 255 cm³/mol. The molecule has 15 heteroatoms. The number of rotatable bonds is 32. The molecule has 0 amide bonds. The Bertz CT molecular complexity index is 1970. The van der Waals surface area contributed by atoms with E-state index >= 15 is 0 Å². The minimum absolute atomic E-state index is 0.0471. The Hall–Kier alpha value is -3.00. The Balaban J connectivity index is 0.000000238. The van der Waals surface area contributed by atoms with Crippen LogP contribution in [0.25, 0.3) is 41.6 Å². The lowest BCUT2D eigenvalue weighted by Gasteiger charge is -2.08. The van der Waals surface area contributed by atoms with Crippen molar-refractivity contribution in [2.45, 2.75) is 23.1 Å². The van der Waals surface area contributed by atoms with Crippen LogP contribution in [0.1, 0.15) is 13.3 Å². The summed E-state index contributed by atoms with van der Waals surface area (Å²) in [6, 6.07) is 33.6. The van der Waals surface area contributed by atoms with Crippen LogP contribution < -0.4 is 0 Å². The zero-order valence-corrected chi connectivity index (χ0v) is 38.9. The fourth-order valence-corrected chi connectivity index (χ4v) is 9.02. The van der Waals surface area contributed by atoms with Crippen molar-refractivity contribution in [3.63, 3.8) is 0 Å². The van der Waals surface area contributed by atoms with Gasteiger partial charge in [0.15, 0.2) is 0 Å². The predicted octanol–water partition coefficient (Wildman–Crippen LogP) is 9.65. The summed E-state index contributed by atoms with van der Waals surface area (Å²) in [6.07, 6.45) is 1.04. The SMILES string of the molecule is CCCOCCOCCOCCOCCOCCSc1ccc(-c2nc3ccccc3s2)cc1.OCCOCCOCCOCCSc1ccc(-c2nc3ccccc3s2)cc1. The summed E-state index contributed by atoms with van der Waals surface area (Å²) in [5, 5.41) is 10.7. The summed E-state index contributed by atoms with van der Waals surface area (Å²) >= 11 is 7.03. The van der Waals surface area contributed by atoms with Crippen molar-refractivity contribution in [1.29, 1.82) is 0 Å². The molecule has 0 fully saturated rings. The maximum Gasteiger partial charge on any atom is 0.124 e. The highest BCUT2D eigenvalue weighted by Crippen LogP contribution is 2.32. The highest BCUT2D eigenvalue weighted by Gasteiger charge is 2.08. The van der Waals surface area contributed by atoms with E-state index in [0.717, 1.165) is 56.7 Å². The number of hydrogen-bond donors (Lipinski definition) is 1. The number of para-hydroxylation sites is 2. The summed E-state index contributed by atoms with van der Waals surface area (Å²) in [4.78, 5) is 11.9. The van der Waals surface area contributed by atoms with E-state index in [1.54, 1.807) is 46.2 Å². The number of aromatic nitrogens is 2. The van der Waals surface area contributed by atoms with Crippen molar-refractivity contribution in [3.8, 4) is 21.1 Å². The lowest BCUT2D eigenvalue weighted by atomic mass is 10.2. The smallest absolute Gasteiger partial charge is 0.124 e. The van der Waals surface area contributed by atoms with Crippen LogP contribution in [0, 0.1) is 0 Å². The van der Waals surface area contributed by atoms with E-state index in [1.165, 1.54) is 19.2 Å². The zero-order chi connectivity index (χ0) is 43.1. The molecule has 0 aliphatic carbocycles. The van der Waals surface area contributed by atoms with Gasteiger partial charge in [-0.25, -0.2) is 9.97 Å². The number of fused-ring (bicyclic) bond motifs is 2. The van der Waals surface area contributed by atoms with Crippen molar-refractivity contribution >= 4 is 66.6 Å². The van der Waals surface area contributed by atoms with Gasteiger partial charge in [-0.05, 0) is 55.0 Å². The maximum atomic E-state index is 8.57. The molecule has 0 saturated carbocycles. The highest BCUT2D eigenvalue weighted by molar-refractivity contribution is 7.99. The average molecular weight is 925 g/mol. The number of nitrogens with zero attached hydrogens (tertiary/aromatic N) is 2. The summed E-state index contributed by atoms with van der Waals surface area (Å²) in [5.41, 5.74) is 4.43. The molecule has 0 atom stereocenters. The first-order valence-electron chi connectivity index (χ1n) is 21.1. The van der Waals surface area contributed by atoms with Gasteiger partial charge in [0.05, 0.1) is 126 Å². The van der Waals surface area contributed by atoms with Crippen LogP contribution in [-0.2, 0) is 37.9 Å². The van der Waals surface area contributed by atoms with Crippen LogP contribution in [0.15, 0.2) is 107 Å². The van der Waals surface area contributed by atoms with Gasteiger partial charge in [-0.15, -0.1) is 46.2 Å².